The second kappa shape index (κ2) is 4.87. The van der Waals surface area contributed by atoms with Gasteiger partial charge in [0.1, 0.15) is 5.82 Å². The van der Waals surface area contributed by atoms with E-state index in [0.717, 1.165) is 6.07 Å². The van der Waals surface area contributed by atoms with Crippen molar-refractivity contribution in [3.8, 4) is 0 Å². The highest BCUT2D eigenvalue weighted by atomic mass is 19.4. The number of alkyl halides is 3. The summed E-state index contributed by atoms with van der Waals surface area (Å²) in [5.41, 5.74) is -1.48. The molecule has 0 amide bonds. The van der Waals surface area contributed by atoms with Crippen molar-refractivity contribution in [3.63, 3.8) is 0 Å². The summed E-state index contributed by atoms with van der Waals surface area (Å²) in [6.07, 6.45) is -4.03. The predicted molar refractivity (Wildman–Crippen MR) is 56.4 cm³/mol. The summed E-state index contributed by atoms with van der Waals surface area (Å²) in [4.78, 5) is 0. The number of hydrogen-bond donors (Lipinski definition) is 2. The molecule has 0 aromatic carbocycles. The Balaban J connectivity index is 2.75. The van der Waals surface area contributed by atoms with Gasteiger partial charge in [0.05, 0.1) is 0 Å². The fraction of sp³-hybridized carbons (Fsp3) is 0.600. The SMILES string of the molecule is CC(C)(CCO)Nc1ccc(C(F)(F)F)nn1. The number of aliphatic hydroxyl groups is 1. The number of aliphatic hydroxyl groups excluding tert-OH is 1. The Morgan fingerprint density at radius 2 is 1.88 bits per heavy atom. The van der Waals surface area contributed by atoms with E-state index in [1.54, 1.807) is 0 Å². The zero-order chi connectivity index (χ0) is 13.1. The minimum absolute atomic E-state index is 0.0198. The lowest BCUT2D eigenvalue weighted by Gasteiger charge is -2.25. The van der Waals surface area contributed by atoms with E-state index in [-0.39, 0.29) is 12.4 Å². The van der Waals surface area contributed by atoms with Crippen molar-refractivity contribution < 1.29 is 18.3 Å². The van der Waals surface area contributed by atoms with Crippen LogP contribution < -0.4 is 5.32 Å². The average molecular weight is 249 g/mol. The van der Waals surface area contributed by atoms with Crippen LogP contribution in [0.2, 0.25) is 0 Å². The van der Waals surface area contributed by atoms with Gasteiger partial charge in [-0.25, -0.2) is 0 Å². The van der Waals surface area contributed by atoms with Gasteiger partial charge < -0.3 is 10.4 Å². The van der Waals surface area contributed by atoms with E-state index in [2.05, 4.69) is 15.5 Å². The zero-order valence-corrected chi connectivity index (χ0v) is 9.54. The molecule has 0 bridgehead atoms. The molecule has 0 saturated carbocycles. The third-order valence-electron chi connectivity index (χ3n) is 2.16. The van der Waals surface area contributed by atoms with Crippen molar-refractivity contribution in [3.05, 3.63) is 17.8 Å². The van der Waals surface area contributed by atoms with Gasteiger partial charge in [0, 0.05) is 12.1 Å². The second-order valence-corrected chi connectivity index (χ2v) is 4.28. The first kappa shape index (κ1) is 13.7. The fourth-order valence-corrected chi connectivity index (χ4v) is 1.24. The van der Waals surface area contributed by atoms with Gasteiger partial charge in [0.15, 0.2) is 5.69 Å². The van der Waals surface area contributed by atoms with Gasteiger partial charge in [-0.3, -0.25) is 0 Å². The first-order chi connectivity index (χ1) is 7.74. The number of nitrogens with zero attached hydrogens (tertiary/aromatic N) is 2. The Labute approximate surface area is 96.9 Å². The molecule has 7 heteroatoms. The van der Waals surface area contributed by atoms with Crippen LogP contribution in [0.4, 0.5) is 19.0 Å². The number of aromatic nitrogens is 2. The summed E-state index contributed by atoms with van der Waals surface area (Å²) in [6, 6.07) is 2.08. The maximum absolute atomic E-state index is 12.2. The van der Waals surface area contributed by atoms with E-state index < -0.39 is 17.4 Å². The van der Waals surface area contributed by atoms with E-state index in [1.165, 1.54) is 6.07 Å². The van der Waals surface area contributed by atoms with Gasteiger partial charge in [-0.1, -0.05) is 0 Å². The van der Waals surface area contributed by atoms with Crippen molar-refractivity contribution in [2.24, 2.45) is 0 Å². The monoisotopic (exact) mass is 249 g/mol. The third-order valence-corrected chi connectivity index (χ3v) is 2.16. The molecule has 1 heterocycles. The van der Waals surface area contributed by atoms with Gasteiger partial charge in [-0.15, -0.1) is 10.2 Å². The minimum atomic E-state index is -4.48. The summed E-state index contributed by atoms with van der Waals surface area (Å²) in [7, 11) is 0. The molecule has 0 fully saturated rings. The number of nitrogens with one attached hydrogen (secondary N) is 1. The standard InChI is InChI=1S/C10H14F3N3O/c1-9(2,5-6-17)14-8-4-3-7(15-16-8)10(11,12)13/h3-4,17H,5-6H2,1-2H3,(H,14,16). The lowest BCUT2D eigenvalue weighted by Crippen LogP contribution is -2.32. The Kier molecular flexibility index (Phi) is 3.92. The Hall–Kier alpha value is -1.37. The predicted octanol–water partition coefficient (Wildman–Crippen LogP) is 2.07. The highest BCUT2D eigenvalue weighted by Crippen LogP contribution is 2.27. The molecule has 1 rings (SSSR count). The number of halogens is 3. The van der Waals surface area contributed by atoms with Crippen LogP contribution in [0.25, 0.3) is 0 Å². The first-order valence-corrected chi connectivity index (χ1v) is 5.04. The number of rotatable bonds is 4. The van der Waals surface area contributed by atoms with E-state index in [0.29, 0.717) is 6.42 Å². The van der Waals surface area contributed by atoms with Gasteiger partial charge in [-0.2, -0.15) is 13.2 Å². The Morgan fingerprint density at radius 1 is 1.24 bits per heavy atom. The highest BCUT2D eigenvalue weighted by molar-refractivity contribution is 5.36. The molecule has 0 saturated heterocycles. The molecule has 0 aliphatic heterocycles. The molecule has 0 unspecified atom stereocenters. The molecule has 2 N–H and O–H groups in total. The second-order valence-electron chi connectivity index (χ2n) is 4.28. The van der Waals surface area contributed by atoms with Crippen LogP contribution >= 0.6 is 0 Å². The van der Waals surface area contributed by atoms with Crippen LogP contribution in [0, 0.1) is 0 Å². The lowest BCUT2D eigenvalue weighted by molar-refractivity contribution is -0.141. The largest absolute Gasteiger partial charge is 0.435 e. The Morgan fingerprint density at radius 3 is 2.29 bits per heavy atom. The minimum Gasteiger partial charge on any atom is -0.396 e. The molecule has 4 nitrogen and oxygen atoms in total. The molecular formula is C10H14F3N3O. The summed E-state index contributed by atoms with van der Waals surface area (Å²) in [6.45, 7) is 3.60. The average Bonchev–Trinajstić information content (AvgIpc) is 2.16. The normalized spacial score (nSPS) is 12.6. The Bertz CT molecular complexity index is 362. The van der Waals surface area contributed by atoms with Crippen LogP contribution in [0.5, 0.6) is 0 Å². The van der Waals surface area contributed by atoms with E-state index in [1.807, 2.05) is 13.8 Å². The molecule has 0 spiro atoms. The topological polar surface area (TPSA) is 58.0 Å². The molecular weight excluding hydrogens is 235 g/mol. The molecule has 1 aromatic rings. The van der Waals surface area contributed by atoms with Crippen molar-refractivity contribution in [1.82, 2.24) is 10.2 Å². The van der Waals surface area contributed by atoms with Crippen LogP contribution in [0.3, 0.4) is 0 Å². The maximum Gasteiger partial charge on any atom is 0.435 e. The summed E-state index contributed by atoms with van der Waals surface area (Å²) < 4.78 is 36.7. The van der Waals surface area contributed by atoms with Crippen LogP contribution in [-0.4, -0.2) is 27.4 Å². The van der Waals surface area contributed by atoms with Crippen LogP contribution in [0.15, 0.2) is 12.1 Å². The van der Waals surface area contributed by atoms with E-state index in [9.17, 15) is 13.2 Å². The zero-order valence-electron chi connectivity index (χ0n) is 9.54. The first-order valence-electron chi connectivity index (χ1n) is 5.04. The van der Waals surface area contributed by atoms with E-state index in [4.69, 9.17) is 5.11 Å². The maximum atomic E-state index is 12.2. The number of hydrogen-bond acceptors (Lipinski definition) is 4. The lowest BCUT2D eigenvalue weighted by atomic mass is 10.0. The van der Waals surface area contributed by atoms with Gasteiger partial charge in [0.2, 0.25) is 0 Å². The fourth-order valence-electron chi connectivity index (χ4n) is 1.24. The van der Waals surface area contributed by atoms with E-state index >= 15 is 0 Å². The van der Waals surface area contributed by atoms with Crippen molar-refractivity contribution in [2.45, 2.75) is 32.0 Å². The molecule has 0 radical (unpaired) electrons. The van der Waals surface area contributed by atoms with Crippen LogP contribution in [-0.2, 0) is 6.18 Å². The quantitative estimate of drug-likeness (QED) is 0.857. The molecule has 1 aromatic heterocycles. The van der Waals surface area contributed by atoms with Crippen LogP contribution in [0.1, 0.15) is 26.0 Å². The molecule has 0 atom stereocenters. The summed E-state index contributed by atoms with van der Waals surface area (Å²) >= 11 is 0. The third kappa shape index (κ3) is 4.18. The molecule has 17 heavy (non-hydrogen) atoms. The number of anilines is 1. The molecule has 0 aliphatic rings. The summed E-state index contributed by atoms with van der Waals surface area (Å²) in [5, 5.41) is 18.2. The highest BCUT2D eigenvalue weighted by Gasteiger charge is 2.33. The van der Waals surface area contributed by atoms with Crippen molar-refractivity contribution >= 4 is 5.82 Å². The van der Waals surface area contributed by atoms with Crippen molar-refractivity contribution in [1.29, 1.82) is 0 Å². The smallest absolute Gasteiger partial charge is 0.396 e. The van der Waals surface area contributed by atoms with Gasteiger partial charge >= 0.3 is 6.18 Å². The summed E-state index contributed by atoms with van der Waals surface area (Å²) in [5.74, 6) is 0.247. The van der Waals surface area contributed by atoms with Crippen molar-refractivity contribution in [2.75, 3.05) is 11.9 Å². The van der Waals surface area contributed by atoms with Gasteiger partial charge in [0.25, 0.3) is 0 Å². The molecule has 0 aliphatic carbocycles. The van der Waals surface area contributed by atoms with Gasteiger partial charge in [-0.05, 0) is 32.4 Å². The molecule has 96 valence electrons.